The molecule has 4 rings (SSSR count). The molecule has 0 aromatic carbocycles. The predicted octanol–water partition coefficient (Wildman–Crippen LogP) is 1.17. The van der Waals surface area contributed by atoms with Crippen LogP contribution in [0.3, 0.4) is 0 Å². The summed E-state index contributed by atoms with van der Waals surface area (Å²) in [7, 11) is 0. The lowest BCUT2D eigenvalue weighted by atomic mass is 9.71. The number of nitrogens with zero attached hydrogens (tertiary/aromatic N) is 3. The minimum absolute atomic E-state index is 0.0653. The van der Waals surface area contributed by atoms with Gasteiger partial charge in [-0.1, -0.05) is 6.07 Å². The molecule has 0 bridgehead atoms. The molecule has 6 nitrogen and oxygen atoms in total. The van der Waals surface area contributed by atoms with Crippen LogP contribution in [-0.2, 0) is 20.8 Å². The normalized spacial score (nSPS) is 26.9. The van der Waals surface area contributed by atoms with Gasteiger partial charge in [0.1, 0.15) is 0 Å². The van der Waals surface area contributed by atoms with Crippen molar-refractivity contribution >= 4 is 5.91 Å². The molecule has 1 aromatic rings. The number of carbonyl (C=O) groups excluding carboxylic acids is 1. The van der Waals surface area contributed by atoms with E-state index in [1.807, 2.05) is 17.2 Å². The summed E-state index contributed by atoms with van der Waals surface area (Å²) >= 11 is 0. The Bertz CT molecular complexity index is 583. The van der Waals surface area contributed by atoms with Crippen LogP contribution in [0, 0.1) is 11.3 Å². The van der Waals surface area contributed by atoms with Crippen LogP contribution in [0.4, 0.5) is 0 Å². The van der Waals surface area contributed by atoms with Gasteiger partial charge in [-0.3, -0.25) is 14.7 Å². The van der Waals surface area contributed by atoms with Crippen molar-refractivity contribution in [2.75, 3.05) is 52.6 Å². The summed E-state index contributed by atoms with van der Waals surface area (Å²) in [6.07, 6.45) is 5.69. The van der Waals surface area contributed by atoms with E-state index < -0.39 is 0 Å². The molecule has 1 atom stereocenters. The van der Waals surface area contributed by atoms with Crippen molar-refractivity contribution in [1.29, 1.82) is 0 Å². The molecule has 4 heterocycles. The number of aromatic nitrogens is 1. The van der Waals surface area contributed by atoms with Crippen molar-refractivity contribution in [3.05, 3.63) is 30.1 Å². The average Bonchev–Trinajstić information content (AvgIpc) is 3.00. The maximum absolute atomic E-state index is 13.3. The van der Waals surface area contributed by atoms with Crippen molar-refractivity contribution < 1.29 is 14.3 Å². The highest BCUT2D eigenvalue weighted by molar-refractivity contribution is 5.80. The lowest BCUT2D eigenvalue weighted by molar-refractivity contribution is -0.144. The second-order valence-electron chi connectivity index (χ2n) is 7.50. The summed E-state index contributed by atoms with van der Waals surface area (Å²) in [4.78, 5) is 21.9. The molecule has 0 unspecified atom stereocenters. The number of amides is 1. The topological polar surface area (TPSA) is 54.9 Å². The molecule has 0 saturated carbocycles. The number of morpholine rings is 1. The molecule has 3 aliphatic rings. The molecule has 136 valence electrons. The van der Waals surface area contributed by atoms with E-state index in [0.29, 0.717) is 19.1 Å². The van der Waals surface area contributed by atoms with Gasteiger partial charge in [-0.2, -0.15) is 0 Å². The highest BCUT2D eigenvalue weighted by Crippen LogP contribution is 2.45. The number of hydrogen-bond donors (Lipinski definition) is 0. The maximum atomic E-state index is 13.3. The highest BCUT2D eigenvalue weighted by atomic mass is 16.5. The zero-order valence-corrected chi connectivity index (χ0v) is 14.7. The average molecular weight is 345 g/mol. The van der Waals surface area contributed by atoms with Crippen molar-refractivity contribution in [1.82, 2.24) is 14.8 Å². The zero-order valence-electron chi connectivity index (χ0n) is 14.7. The van der Waals surface area contributed by atoms with E-state index in [1.54, 1.807) is 6.20 Å². The van der Waals surface area contributed by atoms with E-state index in [4.69, 9.17) is 9.47 Å². The molecule has 0 N–H and O–H groups in total. The molecule has 1 aromatic heterocycles. The second-order valence-corrected chi connectivity index (χ2v) is 7.50. The van der Waals surface area contributed by atoms with Crippen LogP contribution in [-0.4, -0.2) is 73.3 Å². The van der Waals surface area contributed by atoms with Crippen LogP contribution >= 0.6 is 0 Å². The van der Waals surface area contributed by atoms with Gasteiger partial charge in [-0.05, 0) is 24.5 Å². The number of rotatable bonds is 3. The molecule has 25 heavy (non-hydrogen) atoms. The number of likely N-dealkylation sites (tertiary alicyclic amines) is 1. The zero-order chi connectivity index (χ0) is 17.1. The van der Waals surface area contributed by atoms with E-state index in [2.05, 4.69) is 16.0 Å². The summed E-state index contributed by atoms with van der Waals surface area (Å²) in [5.74, 6) is 0.394. The lowest BCUT2D eigenvalue weighted by Crippen LogP contribution is -2.49. The van der Waals surface area contributed by atoms with Gasteiger partial charge >= 0.3 is 0 Å². The Morgan fingerprint density at radius 2 is 1.96 bits per heavy atom. The number of hydrogen-bond acceptors (Lipinski definition) is 5. The minimum Gasteiger partial charge on any atom is -0.381 e. The van der Waals surface area contributed by atoms with Crippen LogP contribution in [0.5, 0.6) is 0 Å². The van der Waals surface area contributed by atoms with Gasteiger partial charge < -0.3 is 14.4 Å². The van der Waals surface area contributed by atoms with Crippen LogP contribution in [0.25, 0.3) is 0 Å². The summed E-state index contributed by atoms with van der Waals surface area (Å²) in [5, 5.41) is 0. The van der Waals surface area contributed by atoms with Crippen LogP contribution in [0.1, 0.15) is 18.4 Å². The van der Waals surface area contributed by atoms with E-state index in [0.717, 1.165) is 58.8 Å². The third kappa shape index (κ3) is 3.57. The summed E-state index contributed by atoms with van der Waals surface area (Å²) in [5.41, 5.74) is 1.28. The Balaban J connectivity index is 1.51. The molecular weight excluding hydrogens is 318 g/mol. The van der Waals surface area contributed by atoms with Gasteiger partial charge in [0, 0.05) is 63.7 Å². The van der Waals surface area contributed by atoms with E-state index in [9.17, 15) is 4.79 Å². The lowest BCUT2D eigenvalue weighted by Gasteiger charge is -2.40. The molecule has 3 fully saturated rings. The Labute approximate surface area is 149 Å². The van der Waals surface area contributed by atoms with Gasteiger partial charge in [0.25, 0.3) is 0 Å². The number of ether oxygens (including phenoxy) is 2. The Kier molecular flexibility index (Phi) is 5.01. The highest BCUT2D eigenvalue weighted by Gasteiger charge is 2.51. The summed E-state index contributed by atoms with van der Waals surface area (Å²) in [6, 6.07) is 4.09. The standard InChI is InChI=1S/C19H27N3O3/c23-18(22-6-10-25-11-7-22)17-14-21(13-16-2-1-5-20-12-16)15-19(17)3-8-24-9-4-19/h1-2,5,12,17H,3-4,6-11,13-15H2/t17-/m0/s1. The first-order chi connectivity index (χ1) is 12.3. The molecule has 3 aliphatic heterocycles. The van der Waals surface area contributed by atoms with Crippen molar-refractivity contribution in [2.24, 2.45) is 11.3 Å². The fourth-order valence-electron chi connectivity index (χ4n) is 4.57. The van der Waals surface area contributed by atoms with Gasteiger partial charge in [0.05, 0.1) is 19.1 Å². The second kappa shape index (κ2) is 7.40. The molecular formula is C19H27N3O3. The van der Waals surface area contributed by atoms with Crippen LogP contribution in [0.2, 0.25) is 0 Å². The maximum Gasteiger partial charge on any atom is 0.227 e. The monoisotopic (exact) mass is 345 g/mol. The van der Waals surface area contributed by atoms with Gasteiger partial charge in [-0.25, -0.2) is 0 Å². The van der Waals surface area contributed by atoms with E-state index >= 15 is 0 Å². The van der Waals surface area contributed by atoms with Gasteiger partial charge in [-0.15, -0.1) is 0 Å². The van der Waals surface area contributed by atoms with Crippen molar-refractivity contribution in [3.8, 4) is 0 Å². The Morgan fingerprint density at radius 3 is 2.68 bits per heavy atom. The number of pyridine rings is 1. The van der Waals surface area contributed by atoms with Crippen molar-refractivity contribution in [2.45, 2.75) is 19.4 Å². The molecule has 6 heteroatoms. The minimum atomic E-state index is 0.0653. The van der Waals surface area contributed by atoms with Crippen LogP contribution in [0.15, 0.2) is 24.5 Å². The fraction of sp³-hybridized carbons (Fsp3) is 0.684. The first-order valence-corrected chi connectivity index (χ1v) is 9.32. The third-order valence-corrected chi connectivity index (χ3v) is 5.96. The molecule has 0 aliphatic carbocycles. The first kappa shape index (κ1) is 16.9. The largest absolute Gasteiger partial charge is 0.381 e. The Hall–Kier alpha value is -1.50. The third-order valence-electron chi connectivity index (χ3n) is 5.96. The quantitative estimate of drug-likeness (QED) is 0.823. The smallest absolute Gasteiger partial charge is 0.227 e. The van der Waals surface area contributed by atoms with E-state index in [1.165, 1.54) is 5.56 Å². The number of carbonyl (C=O) groups is 1. The van der Waals surface area contributed by atoms with Gasteiger partial charge in [0.2, 0.25) is 5.91 Å². The predicted molar refractivity (Wildman–Crippen MR) is 92.9 cm³/mol. The Morgan fingerprint density at radius 1 is 1.20 bits per heavy atom. The van der Waals surface area contributed by atoms with Crippen molar-refractivity contribution in [3.63, 3.8) is 0 Å². The molecule has 1 amide bonds. The molecule has 3 saturated heterocycles. The van der Waals surface area contributed by atoms with E-state index in [-0.39, 0.29) is 11.3 Å². The summed E-state index contributed by atoms with van der Waals surface area (Å²) < 4.78 is 11.0. The van der Waals surface area contributed by atoms with Gasteiger partial charge in [0.15, 0.2) is 0 Å². The first-order valence-electron chi connectivity index (χ1n) is 9.32. The SMILES string of the molecule is O=C([C@@H]1CN(Cc2cccnc2)CC12CCOCC2)N1CCOCC1. The fourth-order valence-corrected chi connectivity index (χ4v) is 4.57. The van der Waals surface area contributed by atoms with Crippen LogP contribution < -0.4 is 0 Å². The molecule has 1 spiro atoms. The molecule has 0 radical (unpaired) electrons. The summed E-state index contributed by atoms with van der Waals surface area (Å²) in [6.45, 7) is 7.00.